The van der Waals surface area contributed by atoms with Gasteiger partial charge in [0.15, 0.2) is 0 Å². The molecule has 3 rings (SSSR count). The molecular weight excluding hydrogens is 351 g/mol. The van der Waals surface area contributed by atoms with E-state index in [0.29, 0.717) is 37.6 Å². The molecule has 1 aliphatic rings. The average Bonchev–Trinajstić information content (AvgIpc) is 2.67. The Balaban J connectivity index is 1.68. The maximum absolute atomic E-state index is 13.7. The van der Waals surface area contributed by atoms with Gasteiger partial charge in [-0.3, -0.25) is 9.59 Å². The Morgan fingerprint density at radius 1 is 1.26 bits per heavy atom. The van der Waals surface area contributed by atoms with E-state index in [-0.39, 0.29) is 17.4 Å². The highest BCUT2D eigenvalue weighted by molar-refractivity contribution is 6.04. The Kier molecular flexibility index (Phi) is 6.03. The lowest BCUT2D eigenvalue weighted by Gasteiger charge is -2.25. The first-order valence-corrected chi connectivity index (χ1v) is 8.66. The predicted molar refractivity (Wildman–Crippen MR) is 98.4 cm³/mol. The zero-order valence-corrected chi connectivity index (χ0v) is 15.0. The molecule has 0 aromatic heterocycles. The Morgan fingerprint density at radius 2 is 2.07 bits per heavy atom. The van der Waals surface area contributed by atoms with E-state index >= 15 is 0 Å². The highest BCUT2D eigenvalue weighted by atomic mass is 19.1. The molecule has 0 radical (unpaired) electrons. The van der Waals surface area contributed by atoms with Crippen LogP contribution in [0.4, 0.5) is 10.1 Å². The first kappa shape index (κ1) is 18.8. The van der Waals surface area contributed by atoms with Crippen LogP contribution < -0.4 is 15.4 Å². The third-order valence-corrected chi connectivity index (χ3v) is 4.32. The maximum Gasteiger partial charge on any atom is 0.258 e. The normalized spacial score (nSPS) is 15.4. The molecule has 2 N–H and O–H groups in total. The summed E-state index contributed by atoms with van der Waals surface area (Å²) in [4.78, 5) is 24.5. The molecule has 0 bridgehead atoms. The van der Waals surface area contributed by atoms with E-state index in [9.17, 15) is 14.0 Å². The number of rotatable bonds is 6. The van der Waals surface area contributed by atoms with Crippen molar-refractivity contribution >= 4 is 17.5 Å². The first-order valence-electron chi connectivity index (χ1n) is 8.66. The summed E-state index contributed by atoms with van der Waals surface area (Å²) in [5, 5.41) is 5.49. The molecule has 0 aliphatic carbocycles. The van der Waals surface area contributed by atoms with Gasteiger partial charge in [-0.15, -0.1) is 0 Å². The van der Waals surface area contributed by atoms with Gasteiger partial charge in [-0.2, -0.15) is 0 Å². The van der Waals surface area contributed by atoms with E-state index in [1.807, 2.05) is 0 Å². The van der Waals surface area contributed by atoms with Crippen LogP contribution in [0.25, 0.3) is 0 Å². The fourth-order valence-corrected chi connectivity index (χ4v) is 2.91. The van der Waals surface area contributed by atoms with Gasteiger partial charge in [0.05, 0.1) is 18.1 Å². The zero-order valence-electron chi connectivity index (χ0n) is 15.0. The number of amides is 2. The maximum atomic E-state index is 13.7. The standard InChI is InChI=1S/C20H21FN2O4/c1-26-9-8-22-19(24)14-10-13-11-15(6-7-18(13)27-12-14)23-20(25)16-4-2-3-5-17(16)21/h2-7,11,14H,8-10,12H2,1H3,(H,22,24)(H,23,25). The molecule has 6 nitrogen and oxygen atoms in total. The van der Waals surface area contributed by atoms with Crippen LogP contribution in [-0.2, 0) is 16.0 Å². The van der Waals surface area contributed by atoms with E-state index in [4.69, 9.17) is 9.47 Å². The van der Waals surface area contributed by atoms with Crippen molar-refractivity contribution in [1.82, 2.24) is 5.32 Å². The van der Waals surface area contributed by atoms with Crippen molar-refractivity contribution in [3.05, 3.63) is 59.4 Å². The summed E-state index contributed by atoms with van der Waals surface area (Å²) in [5.41, 5.74) is 1.31. The lowest BCUT2D eigenvalue weighted by Crippen LogP contribution is -2.38. The number of anilines is 1. The van der Waals surface area contributed by atoms with Crippen molar-refractivity contribution in [3.8, 4) is 5.75 Å². The molecule has 2 aromatic carbocycles. The second kappa shape index (κ2) is 8.64. The highest BCUT2D eigenvalue weighted by Gasteiger charge is 2.26. The summed E-state index contributed by atoms with van der Waals surface area (Å²) in [7, 11) is 1.57. The summed E-state index contributed by atoms with van der Waals surface area (Å²) >= 11 is 0. The van der Waals surface area contributed by atoms with E-state index in [1.54, 1.807) is 31.4 Å². The van der Waals surface area contributed by atoms with Crippen LogP contribution in [0.1, 0.15) is 15.9 Å². The highest BCUT2D eigenvalue weighted by Crippen LogP contribution is 2.30. The van der Waals surface area contributed by atoms with Crippen LogP contribution in [0.5, 0.6) is 5.75 Å². The third-order valence-electron chi connectivity index (χ3n) is 4.32. The molecule has 2 amide bonds. The van der Waals surface area contributed by atoms with Crippen LogP contribution >= 0.6 is 0 Å². The fourth-order valence-electron chi connectivity index (χ4n) is 2.91. The van der Waals surface area contributed by atoms with Gasteiger partial charge in [0.1, 0.15) is 18.2 Å². The molecule has 2 aromatic rings. The minimum absolute atomic E-state index is 0.0260. The molecule has 1 heterocycles. The smallest absolute Gasteiger partial charge is 0.258 e. The van der Waals surface area contributed by atoms with Crippen LogP contribution in [0.3, 0.4) is 0 Å². The molecule has 1 unspecified atom stereocenters. The van der Waals surface area contributed by atoms with Crippen LogP contribution in [-0.4, -0.2) is 38.7 Å². The van der Waals surface area contributed by atoms with Crippen LogP contribution in [0.15, 0.2) is 42.5 Å². The quantitative estimate of drug-likeness (QED) is 0.764. The molecule has 7 heteroatoms. The minimum Gasteiger partial charge on any atom is -0.492 e. The molecule has 27 heavy (non-hydrogen) atoms. The molecule has 0 saturated heterocycles. The summed E-state index contributed by atoms with van der Waals surface area (Å²) in [6.45, 7) is 1.19. The minimum atomic E-state index is -0.580. The van der Waals surface area contributed by atoms with Gasteiger partial charge < -0.3 is 20.1 Å². The second-order valence-electron chi connectivity index (χ2n) is 6.25. The number of halogens is 1. The van der Waals surface area contributed by atoms with Crippen molar-refractivity contribution in [2.24, 2.45) is 5.92 Å². The van der Waals surface area contributed by atoms with E-state index in [0.717, 1.165) is 5.56 Å². The van der Waals surface area contributed by atoms with Crippen LogP contribution in [0.2, 0.25) is 0 Å². The van der Waals surface area contributed by atoms with Gasteiger partial charge >= 0.3 is 0 Å². The summed E-state index contributed by atoms with van der Waals surface area (Å²) in [5.74, 6) is -0.840. The molecule has 1 aliphatic heterocycles. The first-order chi connectivity index (χ1) is 13.1. The summed E-state index contributed by atoms with van der Waals surface area (Å²) in [6, 6.07) is 11.0. The lowest BCUT2D eigenvalue weighted by molar-refractivity contribution is -0.126. The van der Waals surface area contributed by atoms with Gasteiger partial charge in [0.25, 0.3) is 5.91 Å². The molecule has 0 fully saturated rings. The number of nitrogens with one attached hydrogen (secondary N) is 2. The topological polar surface area (TPSA) is 76.7 Å². The Hall–Kier alpha value is -2.93. The van der Waals surface area contributed by atoms with Gasteiger partial charge in [0.2, 0.25) is 5.91 Å². The third kappa shape index (κ3) is 4.62. The Labute approximate surface area is 156 Å². The van der Waals surface area contributed by atoms with Crippen molar-refractivity contribution in [2.45, 2.75) is 6.42 Å². The SMILES string of the molecule is COCCNC(=O)C1COc2ccc(NC(=O)c3ccccc3F)cc2C1. The van der Waals surface area contributed by atoms with Crippen molar-refractivity contribution in [1.29, 1.82) is 0 Å². The molecule has 142 valence electrons. The van der Waals surface area contributed by atoms with Gasteiger partial charge in [0, 0.05) is 19.3 Å². The van der Waals surface area contributed by atoms with E-state index in [1.165, 1.54) is 18.2 Å². The number of fused-ring (bicyclic) bond motifs is 1. The largest absolute Gasteiger partial charge is 0.492 e. The molecule has 0 saturated carbocycles. The zero-order chi connectivity index (χ0) is 19.2. The summed E-state index contributed by atoms with van der Waals surface area (Å²) < 4.78 is 24.3. The predicted octanol–water partition coefficient (Wildman–Crippen LogP) is 2.39. The number of benzene rings is 2. The summed E-state index contributed by atoms with van der Waals surface area (Å²) in [6.07, 6.45) is 0.498. The number of hydrogen-bond acceptors (Lipinski definition) is 4. The van der Waals surface area contributed by atoms with Crippen molar-refractivity contribution < 1.29 is 23.5 Å². The number of carbonyl (C=O) groups excluding carboxylic acids is 2. The lowest BCUT2D eigenvalue weighted by atomic mass is 9.95. The van der Waals surface area contributed by atoms with Gasteiger partial charge in [-0.25, -0.2) is 4.39 Å². The molecular formula is C20H21FN2O4. The van der Waals surface area contributed by atoms with E-state index < -0.39 is 11.7 Å². The number of hydrogen-bond donors (Lipinski definition) is 2. The van der Waals surface area contributed by atoms with E-state index in [2.05, 4.69) is 10.6 Å². The monoisotopic (exact) mass is 372 g/mol. The fraction of sp³-hybridized carbons (Fsp3) is 0.300. The number of ether oxygens (including phenoxy) is 2. The number of methoxy groups -OCH3 is 1. The Bertz CT molecular complexity index is 840. The van der Waals surface area contributed by atoms with Crippen LogP contribution in [0, 0.1) is 11.7 Å². The Morgan fingerprint density at radius 3 is 2.85 bits per heavy atom. The number of carbonyl (C=O) groups is 2. The van der Waals surface area contributed by atoms with Gasteiger partial charge in [-0.1, -0.05) is 12.1 Å². The molecule has 0 spiro atoms. The average molecular weight is 372 g/mol. The molecule has 1 atom stereocenters. The van der Waals surface area contributed by atoms with Crippen molar-refractivity contribution in [2.75, 3.05) is 32.2 Å². The van der Waals surface area contributed by atoms with Gasteiger partial charge in [-0.05, 0) is 42.3 Å². The second-order valence-corrected chi connectivity index (χ2v) is 6.25. The van der Waals surface area contributed by atoms with Crippen molar-refractivity contribution in [3.63, 3.8) is 0 Å².